The Morgan fingerprint density at radius 3 is 2.65 bits per heavy atom. The number of aromatic hydroxyl groups is 1. The second-order valence-electron chi connectivity index (χ2n) is 4.39. The van der Waals surface area contributed by atoms with Crippen LogP contribution in [0.1, 0.15) is 18.5 Å². The van der Waals surface area contributed by atoms with Crippen LogP contribution in [0.4, 0.5) is 10.1 Å². The Bertz CT molecular complexity index is 599. The van der Waals surface area contributed by atoms with Gasteiger partial charge < -0.3 is 15.2 Å². The molecule has 0 radical (unpaired) electrons. The first-order chi connectivity index (χ1) is 9.52. The first-order valence-electron chi connectivity index (χ1n) is 6.10. The molecule has 0 amide bonds. The molecular formula is C15H15ClFNO2. The molecule has 0 saturated carbocycles. The Morgan fingerprint density at radius 2 is 2.05 bits per heavy atom. The summed E-state index contributed by atoms with van der Waals surface area (Å²) in [7, 11) is 1.52. The van der Waals surface area contributed by atoms with Gasteiger partial charge in [0.1, 0.15) is 17.3 Å². The van der Waals surface area contributed by atoms with E-state index in [1.165, 1.54) is 19.2 Å². The van der Waals surface area contributed by atoms with Gasteiger partial charge in [0.25, 0.3) is 0 Å². The number of rotatable bonds is 4. The van der Waals surface area contributed by atoms with Crippen molar-refractivity contribution in [2.75, 3.05) is 12.4 Å². The Labute approximate surface area is 122 Å². The zero-order valence-electron chi connectivity index (χ0n) is 11.2. The number of phenolic OH excluding ortho intramolecular Hbond substituents is 1. The van der Waals surface area contributed by atoms with Gasteiger partial charge in [0.05, 0.1) is 23.9 Å². The largest absolute Gasteiger partial charge is 0.507 e. The Kier molecular flexibility index (Phi) is 4.35. The maximum absolute atomic E-state index is 13.7. The number of halogens is 2. The summed E-state index contributed by atoms with van der Waals surface area (Å²) in [5.41, 5.74) is 0.849. The highest BCUT2D eigenvalue weighted by atomic mass is 35.5. The molecule has 0 aliphatic heterocycles. The van der Waals surface area contributed by atoms with Gasteiger partial charge in [0.2, 0.25) is 0 Å². The maximum atomic E-state index is 13.7. The molecule has 2 aromatic rings. The number of para-hydroxylation sites is 1. The second kappa shape index (κ2) is 6.01. The molecule has 20 heavy (non-hydrogen) atoms. The minimum atomic E-state index is -0.433. The first kappa shape index (κ1) is 14.5. The minimum absolute atomic E-state index is 0.0804. The highest BCUT2D eigenvalue weighted by molar-refractivity contribution is 6.33. The molecule has 0 aliphatic carbocycles. The Balaban J connectivity index is 2.26. The molecule has 5 heteroatoms. The third-order valence-corrected chi connectivity index (χ3v) is 3.34. The van der Waals surface area contributed by atoms with E-state index in [9.17, 15) is 9.50 Å². The van der Waals surface area contributed by atoms with Crippen molar-refractivity contribution in [1.82, 2.24) is 0 Å². The lowest BCUT2D eigenvalue weighted by molar-refractivity contribution is 0.406. The average molecular weight is 296 g/mol. The van der Waals surface area contributed by atoms with E-state index in [2.05, 4.69) is 5.32 Å². The Morgan fingerprint density at radius 1 is 1.30 bits per heavy atom. The van der Waals surface area contributed by atoms with Crippen LogP contribution in [0.5, 0.6) is 11.5 Å². The highest BCUT2D eigenvalue weighted by Gasteiger charge is 2.14. The lowest BCUT2D eigenvalue weighted by atomic mass is 10.1. The number of phenols is 1. The molecule has 0 saturated heterocycles. The fraction of sp³-hybridized carbons (Fsp3) is 0.200. The van der Waals surface area contributed by atoms with Crippen LogP contribution in [0.15, 0.2) is 36.4 Å². The number of ether oxygens (including phenoxy) is 1. The van der Waals surface area contributed by atoms with Crippen LogP contribution >= 0.6 is 11.6 Å². The van der Waals surface area contributed by atoms with E-state index in [-0.39, 0.29) is 17.5 Å². The van der Waals surface area contributed by atoms with Gasteiger partial charge in [0, 0.05) is 11.6 Å². The summed E-state index contributed by atoms with van der Waals surface area (Å²) in [4.78, 5) is 0. The summed E-state index contributed by atoms with van der Waals surface area (Å²) in [5.74, 6) is 0.205. The van der Waals surface area contributed by atoms with Gasteiger partial charge in [-0.05, 0) is 31.2 Å². The zero-order valence-corrected chi connectivity index (χ0v) is 11.9. The van der Waals surface area contributed by atoms with Gasteiger partial charge in [-0.15, -0.1) is 0 Å². The summed E-state index contributed by atoms with van der Waals surface area (Å²) in [6.45, 7) is 1.81. The quantitative estimate of drug-likeness (QED) is 0.880. The van der Waals surface area contributed by atoms with Crippen molar-refractivity contribution in [3.8, 4) is 11.5 Å². The standard InChI is InChI=1S/C15H15ClFNO2/c1-9(11-7-6-10(20-2)8-14(11)19)18-15-12(16)4-3-5-13(15)17/h3-9,18-19H,1-2H3. The summed E-state index contributed by atoms with van der Waals surface area (Å²) in [6, 6.07) is 9.13. The monoisotopic (exact) mass is 295 g/mol. The fourth-order valence-corrected chi connectivity index (χ4v) is 2.16. The number of hydrogen-bond acceptors (Lipinski definition) is 3. The lowest BCUT2D eigenvalue weighted by Crippen LogP contribution is -2.08. The van der Waals surface area contributed by atoms with Crippen LogP contribution < -0.4 is 10.1 Å². The van der Waals surface area contributed by atoms with Gasteiger partial charge >= 0.3 is 0 Å². The van der Waals surface area contributed by atoms with E-state index in [1.807, 2.05) is 6.92 Å². The molecule has 0 aromatic heterocycles. The summed E-state index contributed by atoms with van der Waals surface area (Å²) in [5, 5.41) is 13.2. The normalized spacial score (nSPS) is 12.0. The van der Waals surface area contributed by atoms with E-state index in [1.54, 1.807) is 24.3 Å². The van der Waals surface area contributed by atoms with Gasteiger partial charge in [0.15, 0.2) is 0 Å². The van der Waals surface area contributed by atoms with Gasteiger partial charge in [-0.3, -0.25) is 0 Å². The molecule has 0 heterocycles. The number of hydrogen-bond donors (Lipinski definition) is 2. The van der Waals surface area contributed by atoms with Crippen LogP contribution in [0, 0.1) is 5.82 Å². The highest BCUT2D eigenvalue weighted by Crippen LogP contribution is 2.33. The topological polar surface area (TPSA) is 41.5 Å². The van der Waals surface area contributed by atoms with Crippen LogP contribution in [0.25, 0.3) is 0 Å². The van der Waals surface area contributed by atoms with E-state index in [4.69, 9.17) is 16.3 Å². The summed E-state index contributed by atoms with van der Waals surface area (Å²) in [6.07, 6.45) is 0. The molecule has 2 rings (SSSR count). The lowest BCUT2D eigenvalue weighted by Gasteiger charge is -2.18. The van der Waals surface area contributed by atoms with Crippen molar-refractivity contribution in [1.29, 1.82) is 0 Å². The minimum Gasteiger partial charge on any atom is -0.507 e. The molecule has 0 spiro atoms. The number of anilines is 1. The molecule has 2 N–H and O–H groups in total. The van der Waals surface area contributed by atoms with Crippen LogP contribution in [-0.2, 0) is 0 Å². The number of benzene rings is 2. The summed E-state index contributed by atoms with van der Waals surface area (Å²) < 4.78 is 18.7. The molecule has 1 atom stereocenters. The SMILES string of the molecule is COc1ccc(C(C)Nc2c(F)cccc2Cl)c(O)c1. The predicted molar refractivity (Wildman–Crippen MR) is 78.1 cm³/mol. The second-order valence-corrected chi connectivity index (χ2v) is 4.79. The zero-order chi connectivity index (χ0) is 14.7. The van der Waals surface area contributed by atoms with E-state index in [0.29, 0.717) is 16.3 Å². The fourth-order valence-electron chi connectivity index (χ4n) is 1.95. The van der Waals surface area contributed by atoms with E-state index in [0.717, 1.165) is 0 Å². The molecule has 2 aromatic carbocycles. The average Bonchev–Trinajstić information content (AvgIpc) is 2.42. The molecule has 0 fully saturated rings. The Hall–Kier alpha value is -1.94. The molecular weight excluding hydrogens is 281 g/mol. The molecule has 106 valence electrons. The molecule has 0 aliphatic rings. The third kappa shape index (κ3) is 2.96. The van der Waals surface area contributed by atoms with Gasteiger partial charge in [-0.2, -0.15) is 0 Å². The van der Waals surface area contributed by atoms with Crippen LogP contribution in [-0.4, -0.2) is 12.2 Å². The van der Waals surface area contributed by atoms with Gasteiger partial charge in [-0.1, -0.05) is 17.7 Å². The summed E-state index contributed by atoms with van der Waals surface area (Å²) >= 11 is 5.96. The van der Waals surface area contributed by atoms with Crippen molar-refractivity contribution >= 4 is 17.3 Å². The van der Waals surface area contributed by atoms with Crippen molar-refractivity contribution in [3.63, 3.8) is 0 Å². The van der Waals surface area contributed by atoms with E-state index >= 15 is 0 Å². The number of methoxy groups -OCH3 is 1. The smallest absolute Gasteiger partial charge is 0.147 e. The van der Waals surface area contributed by atoms with Crippen molar-refractivity contribution < 1.29 is 14.2 Å². The van der Waals surface area contributed by atoms with Crippen LogP contribution in [0.2, 0.25) is 5.02 Å². The van der Waals surface area contributed by atoms with Crippen LogP contribution in [0.3, 0.4) is 0 Å². The van der Waals surface area contributed by atoms with E-state index < -0.39 is 5.82 Å². The first-order valence-corrected chi connectivity index (χ1v) is 6.48. The third-order valence-electron chi connectivity index (χ3n) is 3.03. The van der Waals surface area contributed by atoms with Gasteiger partial charge in [-0.25, -0.2) is 4.39 Å². The molecule has 1 unspecified atom stereocenters. The van der Waals surface area contributed by atoms with Crippen molar-refractivity contribution in [2.24, 2.45) is 0 Å². The van der Waals surface area contributed by atoms with Crippen molar-refractivity contribution in [3.05, 3.63) is 52.8 Å². The number of nitrogens with one attached hydrogen (secondary N) is 1. The predicted octanol–water partition coefficient (Wildman–Crippen LogP) is 4.37. The molecule has 0 bridgehead atoms. The maximum Gasteiger partial charge on any atom is 0.147 e. The van der Waals surface area contributed by atoms with Crippen molar-refractivity contribution in [2.45, 2.75) is 13.0 Å². The molecule has 3 nitrogen and oxygen atoms in total.